The van der Waals surface area contributed by atoms with Gasteiger partial charge in [-0.15, -0.1) is 0 Å². The van der Waals surface area contributed by atoms with Crippen molar-refractivity contribution in [3.05, 3.63) is 0 Å². The van der Waals surface area contributed by atoms with E-state index in [1.807, 2.05) is 0 Å². The molecule has 0 aromatic rings. The molecule has 3 nitrogen and oxygen atoms in total. The van der Waals surface area contributed by atoms with Crippen molar-refractivity contribution in [1.29, 1.82) is 0 Å². The van der Waals surface area contributed by atoms with Gasteiger partial charge in [0.25, 0.3) is 0 Å². The first-order valence-corrected chi connectivity index (χ1v) is 7.52. The van der Waals surface area contributed by atoms with Crippen LogP contribution >= 0.6 is 0 Å². The zero-order valence-corrected chi connectivity index (χ0v) is 13.1. The Kier molecular flexibility index (Phi) is 6.61. The molecule has 2 N–H and O–H groups in total. The van der Waals surface area contributed by atoms with Gasteiger partial charge < -0.3 is 15.5 Å². The second-order valence-electron chi connectivity index (χ2n) is 7.07. The molecule has 1 heterocycles. The summed E-state index contributed by atoms with van der Waals surface area (Å²) in [6.45, 7) is 15.1. The maximum Gasteiger partial charge on any atom is 0.0230 e. The predicted molar refractivity (Wildman–Crippen MR) is 80.0 cm³/mol. The minimum absolute atomic E-state index is 0.422. The molecule has 1 rings (SSSR count). The van der Waals surface area contributed by atoms with Crippen molar-refractivity contribution >= 4 is 0 Å². The van der Waals surface area contributed by atoms with E-state index in [4.69, 9.17) is 0 Å². The molecule has 0 aliphatic carbocycles. The lowest BCUT2D eigenvalue weighted by molar-refractivity contribution is 0.186. The first-order chi connectivity index (χ1) is 8.41. The van der Waals surface area contributed by atoms with Crippen LogP contribution in [0.4, 0.5) is 0 Å². The minimum atomic E-state index is 0.422. The number of hydrogen-bond acceptors (Lipinski definition) is 3. The molecule has 0 spiro atoms. The topological polar surface area (TPSA) is 27.3 Å². The van der Waals surface area contributed by atoms with E-state index < -0.39 is 0 Å². The highest BCUT2D eigenvalue weighted by Crippen LogP contribution is 2.24. The van der Waals surface area contributed by atoms with Gasteiger partial charge >= 0.3 is 0 Å². The van der Waals surface area contributed by atoms with Gasteiger partial charge in [0.15, 0.2) is 0 Å². The fraction of sp³-hybridized carbons (Fsp3) is 1.00. The van der Waals surface area contributed by atoms with E-state index in [-0.39, 0.29) is 0 Å². The molecule has 3 heteroatoms. The van der Waals surface area contributed by atoms with Gasteiger partial charge in [0, 0.05) is 32.2 Å². The first-order valence-electron chi connectivity index (χ1n) is 7.52. The van der Waals surface area contributed by atoms with Gasteiger partial charge in [-0.05, 0) is 37.8 Å². The van der Waals surface area contributed by atoms with E-state index in [1.54, 1.807) is 0 Å². The van der Waals surface area contributed by atoms with E-state index in [2.05, 4.69) is 50.3 Å². The second kappa shape index (κ2) is 7.46. The van der Waals surface area contributed by atoms with Crippen molar-refractivity contribution in [3.63, 3.8) is 0 Å². The average molecular weight is 255 g/mol. The summed E-state index contributed by atoms with van der Waals surface area (Å²) >= 11 is 0. The van der Waals surface area contributed by atoms with Crippen molar-refractivity contribution < 1.29 is 0 Å². The fourth-order valence-electron chi connectivity index (χ4n) is 3.06. The Labute approximate surface area is 114 Å². The lowest BCUT2D eigenvalue weighted by atomic mass is 9.84. The third-order valence-corrected chi connectivity index (χ3v) is 3.86. The van der Waals surface area contributed by atoms with Crippen LogP contribution in [0.15, 0.2) is 0 Å². The van der Waals surface area contributed by atoms with Gasteiger partial charge in [-0.1, -0.05) is 27.7 Å². The van der Waals surface area contributed by atoms with Crippen LogP contribution in [0.2, 0.25) is 0 Å². The Morgan fingerprint density at radius 1 is 1.39 bits per heavy atom. The van der Waals surface area contributed by atoms with Gasteiger partial charge in [-0.2, -0.15) is 0 Å². The summed E-state index contributed by atoms with van der Waals surface area (Å²) in [5.74, 6) is 0.787. The molecular formula is C15H33N3. The molecule has 0 aromatic heterocycles. The standard InChI is InChI=1S/C15H33N3/c1-13(2)10-15(3,4)12-17-7-6-14-11-16-8-9-18(14)5/h13-14,16-17H,6-12H2,1-5H3. The van der Waals surface area contributed by atoms with Gasteiger partial charge in [0.1, 0.15) is 0 Å². The van der Waals surface area contributed by atoms with Crippen LogP contribution in [0.3, 0.4) is 0 Å². The SMILES string of the molecule is CC(C)CC(C)(C)CNCCC1CNCCN1C. The summed E-state index contributed by atoms with van der Waals surface area (Å²) in [7, 11) is 2.24. The van der Waals surface area contributed by atoms with E-state index in [1.165, 1.54) is 19.4 Å². The maximum atomic E-state index is 3.64. The van der Waals surface area contributed by atoms with E-state index >= 15 is 0 Å². The summed E-state index contributed by atoms with van der Waals surface area (Å²) in [6.07, 6.45) is 2.55. The molecule has 0 radical (unpaired) electrons. The highest BCUT2D eigenvalue weighted by atomic mass is 15.2. The van der Waals surface area contributed by atoms with Crippen molar-refractivity contribution in [2.45, 2.75) is 46.6 Å². The van der Waals surface area contributed by atoms with Crippen LogP contribution in [0.25, 0.3) is 0 Å². The third-order valence-electron chi connectivity index (χ3n) is 3.86. The lowest BCUT2D eigenvalue weighted by Gasteiger charge is -2.33. The van der Waals surface area contributed by atoms with Gasteiger partial charge in [-0.25, -0.2) is 0 Å². The number of nitrogens with zero attached hydrogens (tertiary/aromatic N) is 1. The number of hydrogen-bond donors (Lipinski definition) is 2. The molecule has 0 saturated carbocycles. The molecule has 0 aromatic carbocycles. The molecule has 18 heavy (non-hydrogen) atoms. The Balaban J connectivity index is 2.14. The molecule has 1 aliphatic heterocycles. The highest BCUT2D eigenvalue weighted by Gasteiger charge is 2.20. The normalized spacial score (nSPS) is 22.7. The quantitative estimate of drug-likeness (QED) is 0.681. The molecule has 1 fully saturated rings. The molecule has 0 bridgehead atoms. The summed E-state index contributed by atoms with van der Waals surface area (Å²) in [5.41, 5.74) is 0.422. The average Bonchev–Trinajstić information content (AvgIpc) is 2.25. The molecule has 108 valence electrons. The zero-order chi connectivity index (χ0) is 13.6. The van der Waals surface area contributed by atoms with Crippen LogP contribution in [0.5, 0.6) is 0 Å². The molecular weight excluding hydrogens is 222 g/mol. The van der Waals surface area contributed by atoms with Crippen LogP contribution in [-0.4, -0.2) is 50.7 Å². The summed E-state index contributed by atoms with van der Waals surface area (Å²) < 4.78 is 0. The second-order valence-corrected chi connectivity index (χ2v) is 7.07. The van der Waals surface area contributed by atoms with Crippen molar-refractivity contribution in [2.24, 2.45) is 11.3 Å². The predicted octanol–water partition coefficient (Wildman–Crippen LogP) is 1.94. The van der Waals surface area contributed by atoms with E-state index in [0.29, 0.717) is 11.5 Å². The Bertz CT molecular complexity index is 226. The van der Waals surface area contributed by atoms with E-state index in [9.17, 15) is 0 Å². The van der Waals surface area contributed by atoms with Crippen molar-refractivity contribution in [2.75, 3.05) is 39.8 Å². The van der Waals surface area contributed by atoms with E-state index in [0.717, 1.165) is 32.1 Å². The summed E-state index contributed by atoms with van der Waals surface area (Å²) in [4.78, 5) is 2.48. The Morgan fingerprint density at radius 2 is 2.11 bits per heavy atom. The van der Waals surface area contributed by atoms with Crippen molar-refractivity contribution in [1.82, 2.24) is 15.5 Å². The Morgan fingerprint density at radius 3 is 2.72 bits per heavy atom. The van der Waals surface area contributed by atoms with Gasteiger partial charge in [0.05, 0.1) is 0 Å². The number of nitrogens with one attached hydrogen (secondary N) is 2. The van der Waals surface area contributed by atoms with Gasteiger partial charge in [0.2, 0.25) is 0 Å². The maximum absolute atomic E-state index is 3.64. The van der Waals surface area contributed by atoms with Crippen LogP contribution in [0.1, 0.15) is 40.5 Å². The monoisotopic (exact) mass is 255 g/mol. The molecule has 0 amide bonds. The highest BCUT2D eigenvalue weighted by molar-refractivity contribution is 4.79. The fourth-order valence-corrected chi connectivity index (χ4v) is 3.06. The molecule has 1 atom stereocenters. The third kappa shape index (κ3) is 6.17. The first kappa shape index (κ1) is 15.9. The Hall–Kier alpha value is -0.120. The molecule has 1 unspecified atom stereocenters. The lowest BCUT2D eigenvalue weighted by Crippen LogP contribution is -2.50. The smallest absolute Gasteiger partial charge is 0.0230 e. The number of likely N-dealkylation sites (N-methyl/N-ethyl adjacent to an activating group) is 1. The van der Waals surface area contributed by atoms with Crippen LogP contribution < -0.4 is 10.6 Å². The molecule has 1 aliphatic rings. The minimum Gasteiger partial charge on any atom is -0.316 e. The number of piperazine rings is 1. The summed E-state index contributed by atoms with van der Waals surface area (Å²) in [5, 5.41) is 7.12. The summed E-state index contributed by atoms with van der Waals surface area (Å²) in [6, 6.07) is 0.708. The zero-order valence-electron chi connectivity index (χ0n) is 13.1. The largest absolute Gasteiger partial charge is 0.316 e. The van der Waals surface area contributed by atoms with Gasteiger partial charge in [-0.3, -0.25) is 0 Å². The van der Waals surface area contributed by atoms with Crippen molar-refractivity contribution in [3.8, 4) is 0 Å². The number of rotatable bonds is 7. The van der Waals surface area contributed by atoms with Crippen LogP contribution in [0, 0.1) is 11.3 Å². The van der Waals surface area contributed by atoms with Crippen LogP contribution in [-0.2, 0) is 0 Å². The molecule has 1 saturated heterocycles.